The van der Waals surface area contributed by atoms with E-state index in [1.165, 1.54) is 25.9 Å². The zero-order valence-electron chi connectivity index (χ0n) is 22.3. The monoisotopic (exact) mass is 526 g/mol. The molecule has 37 heavy (non-hydrogen) atoms. The van der Waals surface area contributed by atoms with E-state index in [-0.39, 0.29) is 17.2 Å². The predicted molar refractivity (Wildman–Crippen MR) is 148 cm³/mol. The minimum Gasteiger partial charge on any atom is -0.492 e. The fourth-order valence-corrected chi connectivity index (χ4v) is 6.90. The van der Waals surface area contributed by atoms with E-state index in [1.54, 1.807) is 13.2 Å². The van der Waals surface area contributed by atoms with Crippen molar-refractivity contribution in [1.82, 2.24) is 20.2 Å². The smallest absolute Gasteiger partial charge is 0.229 e. The molecule has 9 heteroatoms. The number of anilines is 3. The van der Waals surface area contributed by atoms with Crippen LogP contribution in [-0.4, -0.2) is 59.6 Å². The Kier molecular flexibility index (Phi) is 7.24. The Morgan fingerprint density at radius 2 is 1.89 bits per heavy atom. The number of carbonyl (C=O) groups is 1. The van der Waals surface area contributed by atoms with Crippen molar-refractivity contribution in [3.8, 4) is 5.75 Å². The first-order valence-corrected chi connectivity index (χ1v) is 13.8. The van der Waals surface area contributed by atoms with Crippen molar-refractivity contribution in [3.63, 3.8) is 0 Å². The van der Waals surface area contributed by atoms with Gasteiger partial charge in [0.15, 0.2) is 5.82 Å². The van der Waals surface area contributed by atoms with Gasteiger partial charge in [-0.25, -0.2) is 4.98 Å². The summed E-state index contributed by atoms with van der Waals surface area (Å²) in [6.45, 7) is 10.8. The van der Waals surface area contributed by atoms with Crippen LogP contribution in [-0.2, 0) is 4.79 Å². The van der Waals surface area contributed by atoms with Gasteiger partial charge < -0.3 is 20.7 Å². The first kappa shape index (κ1) is 26.0. The highest BCUT2D eigenvalue weighted by atomic mass is 35.5. The van der Waals surface area contributed by atoms with Gasteiger partial charge in [0.1, 0.15) is 17.4 Å². The second-order valence-electron chi connectivity index (χ2n) is 11.6. The number of nitrogens with zero attached hydrogens (tertiary/aromatic N) is 3. The highest BCUT2D eigenvalue weighted by Gasteiger charge is 2.64. The fourth-order valence-electron chi connectivity index (χ4n) is 6.77. The molecule has 0 unspecified atom stereocenters. The van der Waals surface area contributed by atoms with Crippen LogP contribution in [0.1, 0.15) is 46.5 Å². The van der Waals surface area contributed by atoms with E-state index < -0.39 is 5.54 Å². The van der Waals surface area contributed by atoms with E-state index >= 15 is 0 Å². The van der Waals surface area contributed by atoms with Gasteiger partial charge in [-0.05, 0) is 87.2 Å². The number of hydrogen-bond donors (Lipinski definition) is 3. The number of likely N-dealkylation sites (tertiary alicyclic amines) is 1. The van der Waals surface area contributed by atoms with E-state index in [0.717, 1.165) is 30.8 Å². The highest BCUT2D eigenvalue weighted by molar-refractivity contribution is 6.32. The molecule has 3 saturated carbocycles. The molecule has 3 N–H and O–H groups in total. The maximum atomic E-state index is 12.9. The van der Waals surface area contributed by atoms with Gasteiger partial charge in [0, 0.05) is 19.3 Å². The van der Waals surface area contributed by atoms with Gasteiger partial charge in [0.05, 0.1) is 17.7 Å². The van der Waals surface area contributed by atoms with Gasteiger partial charge in [-0.15, -0.1) is 0 Å². The first-order valence-electron chi connectivity index (χ1n) is 13.5. The summed E-state index contributed by atoms with van der Waals surface area (Å²) in [5.41, 5.74) is 0.544. The second-order valence-corrected chi connectivity index (χ2v) is 12.0. The molecule has 4 fully saturated rings. The fraction of sp³-hybridized carbons (Fsp3) is 0.607. The molecule has 1 saturated heterocycles. The van der Waals surface area contributed by atoms with Crippen molar-refractivity contribution < 1.29 is 9.53 Å². The summed E-state index contributed by atoms with van der Waals surface area (Å²) in [5, 5.41) is 10.2. The number of amides is 1. The normalized spacial score (nSPS) is 28.3. The van der Waals surface area contributed by atoms with Crippen LogP contribution in [0.2, 0.25) is 5.02 Å². The van der Waals surface area contributed by atoms with Gasteiger partial charge >= 0.3 is 0 Å². The quantitative estimate of drug-likeness (QED) is 0.426. The zero-order chi connectivity index (χ0) is 26.2. The Hall–Kier alpha value is -2.58. The van der Waals surface area contributed by atoms with E-state index in [9.17, 15) is 4.79 Å². The Bertz CT molecular complexity index is 1120. The molecule has 1 aliphatic heterocycles. The molecular formula is C28H39ClN6O2. The molecule has 8 nitrogen and oxygen atoms in total. The van der Waals surface area contributed by atoms with Crippen LogP contribution < -0.4 is 20.7 Å². The number of nitrogens with one attached hydrogen (secondary N) is 3. The minimum atomic E-state index is -0.471. The lowest BCUT2D eigenvalue weighted by Gasteiger charge is -2.66. The molecule has 3 aliphatic carbocycles. The molecule has 6 rings (SSSR count). The third-order valence-electron chi connectivity index (χ3n) is 9.12. The Balaban J connectivity index is 1.26. The Labute approximate surface area is 224 Å². The molecule has 1 amide bonds. The molecular weight excluding hydrogens is 488 g/mol. The van der Waals surface area contributed by atoms with Crippen molar-refractivity contribution in [3.05, 3.63) is 35.5 Å². The average Bonchev–Trinajstić information content (AvgIpc) is 3.40. The summed E-state index contributed by atoms with van der Waals surface area (Å²) >= 11 is 6.55. The maximum Gasteiger partial charge on any atom is 0.229 e. The number of ether oxygens (including phenoxy) is 1. The molecule has 0 spiro atoms. The third-order valence-corrected chi connectivity index (χ3v) is 9.40. The molecule has 1 aromatic heterocycles. The number of halogens is 1. The van der Waals surface area contributed by atoms with Crippen molar-refractivity contribution in [1.29, 1.82) is 0 Å². The van der Waals surface area contributed by atoms with Gasteiger partial charge in [0.2, 0.25) is 11.9 Å². The van der Waals surface area contributed by atoms with Gasteiger partial charge in [-0.3, -0.25) is 9.69 Å². The van der Waals surface area contributed by atoms with Crippen LogP contribution in [0.25, 0.3) is 0 Å². The van der Waals surface area contributed by atoms with E-state index in [1.807, 2.05) is 24.3 Å². The Morgan fingerprint density at radius 3 is 2.57 bits per heavy atom. The number of benzene rings is 1. The topological polar surface area (TPSA) is 91.4 Å². The lowest BCUT2D eigenvalue weighted by molar-refractivity contribution is -0.155. The molecule has 2 bridgehead atoms. The van der Waals surface area contributed by atoms with Crippen molar-refractivity contribution in [2.75, 3.05) is 43.9 Å². The van der Waals surface area contributed by atoms with Crippen molar-refractivity contribution in [2.45, 2.75) is 52.0 Å². The number of hydrogen-bond acceptors (Lipinski definition) is 7. The summed E-state index contributed by atoms with van der Waals surface area (Å²) in [7, 11) is 1.71. The van der Waals surface area contributed by atoms with E-state index in [2.05, 4.69) is 46.6 Å². The summed E-state index contributed by atoms with van der Waals surface area (Å²) < 4.78 is 5.91. The SMILES string of the molecule is CNC(=O)[C@@H]1C[C@@H]2C[C@@H](C2(C)C)[C@]1(C)Nc1nc(Nc2ccc(OCCN3CCCC3)cc2)ncc1Cl. The Morgan fingerprint density at radius 1 is 1.16 bits per heavy atom. The third kappa shape index (κ3) is 5.10. The van der Waals surface area contributed by atoms with E-state index in [4.69, 9.17) is 21.3 Å². The zero-order valence-corrected chi connectivity index (χ0v) is 23.1. The number of rotatable bonds is 9. The molecule has 200 valence electrons. The van der Waals surface area contributed by atoms with Crippen LogP contribution in [0, 0.1) is 23.2 Å². The van der Waals surface area contributed by atoms with Gasteiger partial charge in [0.25, 0.3) is 0 Å². The van der Waals surface area contributed by atoms with Crippen LogP contribution in [0.5, 0.6) is 5.75 Å². The van der Waals surface area contributed by atoms with Crippen molar-refractivity contribution in [2.24, 2.45) is 23.2 Å². The standard InChI is InChI=1S/C28H39ClN6O2/c1-27(2)18-15-21(25(36)30-4)28(3,23(27)16-18)34-24-22(29)17-31-26(33-24)32-19-7-9-20(10-8-19)37-14-13-35-11-5-6-12-35/h7-10,17-18,21,23H,5-6,11-16H2,1-4H3,(H,30,36)(H2,31,32,33,34)/t18-,21+,23+,28-/m1/s1. The average molecular weight is 527 g/mol. The summed E-state index contributed by atoms with van der Waals surface area (Å²) in [5.74, 6) is 2.62. The lowest BCUT2D eigenvalue weighted by Crippen LogP contribution is -2.69. The van der Waals surface area contributed by atoms with Crippen LogP contribution >= 0.6 is 11.6 Å². The van der Waals surface area contributed by atoms with Gasteiger partial charge in [-0.1, -0.05) is 25.4 Å². The van der Waals surface area contributed by atoms with Crippen LogP contribution in [0.4, 0.5) is 17.5 Å². The molecule has 0 radical (unpaired) electrons. The number of fused-ring (bicyclic) bond motifs is 2. The first-order chi connectivity index (χ1) is 17.7. The van der Waals surface area contributed by atoms with Crippen LogP contribution in [0.15, 0.2) is 30.5 Å². The second kappa shape index (κ2) is 10.3. The molecule has 4 aliphatic rings. The van der Waals surface area contributed by atoms with E-state index in [0.29, 0.717) is 35.2 Å². The minimum absolute atomic E-state index is 0.0615. The predicted octanol–water partition coefficient (Wildman–Crippen LogP) is 4.95. The largest absolute Gasteiger partial charge is 0.492 e. The maximum absolute atomic E-state index is 12.9. The number of carbonyl (C=O) groups excluding carboxylic acids is 1. The molecule has 2 heterocycles. The summed E-state index contributed by atoms with van der Waals surface area (Å²) in [6, 6.07) is 7.82. The summed E-state index contributed by atoms with van der Waals surface area (Å²) in [4.78, 5) is 24.4. The van der Waals surface area contributed by atoms with Crippen LogP contribution in [0.3, 0.4) is 0 Å². The highest BCUT2D eigenvalue weighted by Crippen LogP contribution is 2.65. The number of aromatic nitrogens is 2. The molecule has 4 atom stereocenters. The lowest BCUT2D eigenvalue weighted by atomic mass is 9.40. The van der Waals surface area contributed by atoms with Crippen molar-refractivity contribution >= 4 is 35.0 Å². The molecule has 1 aromatic carbocycles. The molecule has 2 aromatic rings. The summed E-state index contributed by atoms with van der Waals surface area (Å²) in [6.07, 6.45) is 6.14. The van der Waals surface area contributed by atoms with Gasteiger partial charge in [-0.2, -0.15) is 4.98 Å².